The van der Waals surface area contributed by atoms with Crippen LogP contribution in [0.5, 0.6) is 0 Å². The number of allylic oxidation sites excluding steroid dienone is 1. The van der Waals surface area contributed by atoms with Gasteiger partial charge in [0.15, 0.2) is 0 Å². The first-order valence-corrected chi connectivity index (χ1v) is 2.46. The van der Waals surface area contributed by atoms with E-state index in [1.54, 1.807) is 0 Å². The van der Waals surface area contributed by atoms with Crippen molar-refractivity contribution in [1.29, 1.82) is 0 Å². The van der Waals surface area contributed by atoms with E-state index in [2.05, 4.69) is 6.58 Å². The Balaban J connectivity index is 2.30. The molecule has 1 heteroatoms. The molecule has 0 aromatic carbocycles. The van der Waals surface area contributed by atoms with Gasteiger partial charge >= 0.3 is 0 Å². The van der Waals surface area contributed by atoms with Crippen LogP contribution in [0, 0.1) is 11.8 Å². The zero-order valence-corrected chi connectivity index (χ0v) is 4.13. The van der Waals surface area contributed by atoms with Gasteiger partial charge in [-0.15, -0.1) is 6.58 Å². The van der Waals surface area contributed by atoms with E-state index >= 15 is 0 Å². The normalized spacial score (nSPS) is 37.1. The third-order valence-corrected chi connectivity index (χ3v) is 1.37. The largest absolute Gasteiger partial charge is 0.303 e. The average Bonchev–Trinajstić information content (AvgIpc) is 2.43. The Bertz CT molecular complexity index is 84.4. The fourth-order valence-corrected chi connectivity index (χ4v) is 0.663. The maximum atomic E-state index is 9.89. The summed E-state index contributed by atoms with van der Waals surface area (Å²) in [6, 6.07) is 0. The summed E-state index contributed by atoms with van der Waals surface area (Å²) in [6.07, 6.45) is 3.89. The highest BCUT2D eigenvalue weighted by Gasteiger charge is 2.33. The van der Waals surface area contributed by atoms with Crippen molar-refractivity contribution in [3.8, 4) is 0 Å². The predicted molar refractivity (Wildman–Crippen MR) is 27.9 cm³/mol. The molecule has 1 nitrogen and oxygen atoms in total. The zero-order valence-electron chi connectivity index (χ0n) is 4.13. The summed E-state index contributed by atoms with van der Waals surface area (Å²) in [6.45, 7) is 3.56. The third kappa shape index (κ3) is 0.710. The summed E-state index contributed by atoms with van der Waals surface area (Å²) in [5.41, 5.74) is 0. The molecule has 1 aliphatic rings. The lowest BCUT2D eigenvalue weighted by atomic mass is 10.3. The Morgan fingerprint density at radius 2 is 2.29 bits per heavy atom. The van der Waals surface area contributed by atoms with E-state index < -0.39 is 0 Å². The van der Waals surface area contributed by atoms with Crippen LogP contribution in [0.2, 0.25) is 0 Å². The standard InChI is InChI=1S/C6H8O/c1-2-5-3-6(5)4-7/h2,4-6H,1,3H2/t5-,6?/m0/s1. The van der Waals surface area contributed by atoms with Gasteiger partial charge in [0.2, 0.25) is 0 Å². The maximum Gasteiger partial charge on any atom is 0.123 e. The highest BCUT2D eigenvalue weighted by Crippen LogP contribution is 2.36. The van der Waals surface area contributed by atoms with Crippen LogP contribution >= 0.6 is 0 Å². The predicted octanol–water partition coefficient (Wildman–Crippen LogP) is 1.01. The van der Waals surface area contributed by atoms with E-state index in [9.17, 15) is 4.79 Å². The minimum Gasteiger partial charge on any atom is -0.303 e. The maximum absolute atomic E-state index is 9.89. The number of carbonyl (C=O) groups excluding carboxylic acids is 1. The van der Waals surface area contributed by atoms with Crippen molar-refractivity contribution in [1.82, 2.24) is 0 Å². The zero-order chi connectivity index (χ0) is 5.28. The molecule has 0 aromatic heterocycles. The first kappa shape index (κ1) is 4.57. The van der Waals surface area contributed by atoms with Crippen molar-refractivity contribution in [3.05, 3.63) is 12.7 Å². The monoisotopic (exact) mass is 96.1 g/mol. The van der Waals surface area contributed by atoms with Gasteiger partial charge in [0.1, 0.15) is 6.29 Å². The van der Waals surface area contributed by atoms with E-state index in [4.69, 9.17) is 0 Å². The van der Waals surface area contributed by atoms with Gasteiger partial charge < -0.3 is 4.79 Å². The number of hydrogen-bond acceptors (Lipinski definition) is 1. The minimum atomic E-state index is 0.317. The Kier molecular flexibility index (Phi) is 0.970. The minimum absolute atomic E-state index is 0.317. The van der Waals surface area contributed by atoms with Crippen molar-refractivity contribution < 1.29 is 4.79 Å². The molecule has 0 aromatic rings. The summed E-state index contributed by atoms with van der Waals surface area (Å²) in [5, 5.41) is 0. The van der Waals surface area contributed by atoms with Crippen LogP contribution < -0.4 is 0 Å². The molecule has 0 aliphatic heterocycles. The summed E-state index contributed by atoms with van der Waals surface area (Å²) < 4.78 is 0. The van der Waals surface area contributed by atoms with Crippen LogP contribution in [0.4, 0.5) is 0 Å². The van der Waals surface area contributed by atoms with Gasteiger partial charge in [0.25, 0.3) is 0 Å². The molecule has 1 rings (SSSR count). The first-order valence-electron chi connectivity index (χ1n) is 2.46. The van der Waals surface area contributed by atoms with Gasteiger partial charge in [-0.1, -0.05) is 6.08 Å². The highest BCUT2D eigenvalue weighted by atomic mass is 16.1. The number of carbonyl (C=O) groups is 1. The molecule has 0 heterocycles. The molecule has 1 saturated carbocycles. The fraction of sp³-hybridized carbons (Fsp3) is 0.500. The Morgan fingerprint density at radius 1 is 1.57 bits per heavy atom. The van der Waals surface area contributed by atoms with E-state index in [0.29, 0.717) is 11.8 Å². The van der Waals surface area contributed by atoms with Crippen molar-refractivity contribution in [3.63, 3.8) is 0 Å². The van der Waals surface area contributed by atoms with Gasteiger partial charge in [-0.05, 0) is 12.3 Å². The van der Waals surface area contributed by atoms with Crippen LogP contribution in [-0.2, 0) is 4.79 Å². The number of rotatable bonds is 2. The lowest BCUT2D eigenvalue weighted by Gasteiger charge is -1.72. The molecule has 1 unspecified atom stereocenters. The summed E-state index contributed by atoms with van der Waals surface area (Å²) in [7, 11) is 0. The van der Waals surface area contributed by atoms with E-state index in [0.717, 1.165) is 12.7 Å². The van der Waals surface area contributed by atoms with Crippen molar-refractivity contribution in [2.24, 2.45) is 11.8 Å². The van der Waals surface area contributed by atoms with Crippen molar-refractivity contribution in [2.75, 3.05) is 0 Å². The van der Waals surface area contributed by atoms with Gasteiger partial charge in [0, 0.05) is 5.92 Å². The average molecular weight is 96.1 g/mol. The lowest BCUT2D eigenvalue weighted by Crippen LogP contribution is -1.75. The molecule has 1 aliphatic carbocycles. The van der Waals surface area contributed by atoms with Crippen LogP contribution in [0.15, 0.2) is 12.7 Å². The third-order valence-electron chi connectivity index (χ3n) is 1.37. The molecule has 0 saturated heterocycles. The molecular weight excluding hydrogens is 88.1 g/mol. The second-order valence-electron chi connectivity index (χ2n) is 1.94. The van der Waals surface area contributed by atoms with Crippen molar-refractivity contribution >= 4 is 6.29 Å². The lowest BCUT2D eigenvalue weighted by molar-refractivity contribution is -0.109. The van der Waals surface area contributed by atoms with Crippen LogP contribution in [-0.4, -0.2) is 6.29 Å². The van der Waals surface area contributed by atoms with E-state index in [1.807, 2.05) is 6.08 Å². The molecule has 0 bridgehead atoms. The number of hydrogen-bond donors (Lipinski definition) is 0. The van der Waals surface area contributed by atoms with Gasteiger partial charge in [-0.2, -0.15) is 0 Å². The molecule has 7 heavy (non-hydrogen) atoms. The summed E-state index contributed by atoms with van der Waals surface area (Å²) in [5.74, 6) is 0.829. The summed E-state index contributed by atoms with van der Waals surface area (Å²) in [4.78, 5) is 9.89. The molecule has 0 amide bonds. The van der Waals surface area contributed by atoms with E-state index in [-0.39, 0.29) is 0 Å². The van der Waals surface area contributed by atoms with Gasteiger partial charge in [-0.25, -0.2) is 0 Å². The molecule has 38 valence electrons. The Hall–Kier alpha value is -0.590. The quantitative estimate of drug-likeness (QED) is 0.370. The summed E-state index contributed by atoms with van der Waals surface area (Å²) >= 11 is 0. The molecule has 0 N–H and O–H groups in total. The number of aldehydes is 1. The van der Waals surface area contributed by atoms with Gasteiger partial charge in [-0.3, -0.25) is 0 Å². The van der Waals surface area contributed by atoms with Crippen LogP contribution in [0.3, 0.4) is 0 Å². The van der Waals surface area contributed by atoms with Crippen molar-refractivity contribution in [2.45, 2.75) is 6.42 Å². The topological polar surface area (TPSA) is 17.1 Å². The Labute approximate surface area is 43.0 Å². The van der Waals surface area contributed by atoms with Crippen LogP contribution in [0.1, 0.15) is 6.42 Å². The Morgan fingerprint density at radius 3 is 2.43 bits per heavy atom. The molecule has 2 atom stereocenters. The highest BCUT2D eigenvalue weighted by molar-refractivity contribution is 5.58. The first-order chi connectivity index (χ1) is 3.38. The molecule has 1 fully saturated rings. The van der Waals surface area contributed by atoms with Crippen LogP contribution in [0.25, 0.3) is 0 Å². The molecular formula is C6H8O. The smallest absolute Gasteiger partial charge is 0.123 e. The van der Waals surface area contributed by atoms with Gasteiger partial charge in [0.05, 0.1) is 0 Å². The second kappa shape index (κ2) is 1.49. The second-order valence-corrected chi connectivity index (χ2v) is 1.94. The fourth-order valence-electron chi connectivity index (χ4n) is 0.663. The SMILES string of the molecule is C=C[C@H]1CC1C=O. The molecule has 0 radical (unpaired) electrons. The molecule has 0 spiro atoms. The van der Waals surface area contributed by atoms with E-state index in [1.165, 1.54) is 0 Å².